The molecule has 0 saturated heterocycles. The summed E-state index contributed by atoms with van der Waals surface area (Å²) in [4.78, 5) is 14.7. The Balaban J connectivity index is 2.58. The van der Waals surface area contributed by atoms with Gasteiger partial charge < -0.3 is 10.1 Å². The Morgan fingerprint density at radius 2 is 2.08 bits per heavy atom. The van der Waals surface area contributed by atoms with Crippen LogP contribution in [0.5, 0.6) is 0 Å². The molecule has 1 N–H and O–H groups in total. The van der Waals surface area contributed by atoms with Gasteiger partial charge in [0.2, 0.25) is 0 Å². The zero-order valence-electron chi connectivity index (χ0n) is 7.25. The van der Waals surface area contributed by atoms with Crippen LogP contribution in [0.1, 0.15) is 32.1 Å². The average Bonchev–Trinajstić information content (AvgIpc) is 2.50. The molecule has 0 heterocycles. The number of hydrogen-bond donors (Lipinski definition) is 1. The lowest BCUT2D eigenvalue weighted by Crippen LogP contribution is -2.28. The summed E-state index contributed by atoms with van der Waals surface area (Å²) in [5.41, 5.74) is -0.471. The van der Waals surface area contributed by atoms with Crippen LogP contribution in [0.15, 0.2) is 4.99 Å². The second-order valence-electron chi connectivity index (χ2n) is 3.49. The molecule has 1 saturated carbocycles. The smallest absolute Gasteiger partial charge is 0.309 e. The van der Waals surface area contributed by atoms with Gasteiger partial charge in [0.05, 0.1) is 5.41 Å². The van der Waals surface area contributed by atoms with E-state index in [0.717, 1.165) is 25.7 Å². The van der Waals surface area contributed by atoms with E-state index in [1.807, 2.05) is 0 Å². The van der Waals surface area contributed by atoms with Crippen molar-refractivity contribution >= 4 is 12.7 Å². The van der Waals surface area contributed by atoms with E-state index in [2.05, 4.69) is 11.7 Å². The van der Waals surface area contributed by atoms with Crippen LogP contribution >= 0.6 is 0 Å². The molecule has 0 aromatic heterocycles. The van der Waals surface area contributed by atoms with Gasteiger partial charge in [-0.25, -0.2) is 0 Å². The van der Waals surface area contributed by atoms with Crippen molar-refractivity contribution in [3.8, 4) is 0 Å². The normalized spacial score (nSPS) is 20.7. The van der Waals surface area contributed by atoms with Crippen molar-refractivity contribution in [3.05, 3.63) is 0 Å². The van der Waals surface area contributed by atoms with Crippen molar-refractivity contribution in [2.45, 2.75) is 32.1 Å². The Morgan fingerprint density at radius 3 is 2.50 bits per heavy atom. The van der Waals surface area contributed by atoms with Gasteiger partial charge in [-0.2, -0.15) is 0 Å². The van der Waals surface area contributed by atoms with Gasteiger partial charge in [0.25, 0.3) is 0 Å². The number of aliphatic carboxylic acids is 1. The van der Waals surface area contributed by atoms with Crippen LogP contribution < -0.4 is 0 Å². The molecule has 0 unspecified atom stereocenters. The molecule has 0 amide bonds. The lowest BCUT2D eigenvalue weighted by molar-refractivity contribution is -0.148. The highest BCUT2D eigenvalue weighted by Gasteiger charge is 2.40. The molecule has 0 aromatic carbocycles. The summed E-state index contributed by atoms with van der Waals surface area (Å²) in [5, 5.41) is 9.03. The summed E-state index contributed by atoms with van der Waals surface area (Å²) >= 11 is 0. The minimum atomic E-state index is -0.649. The number of carboxylic acid groups (broad SMARTS) is 1. The number of rotatable bonds is 4. The van der Waals surface area contributed by atoms with Gasteiger partial charge in [-0.3, -0.25) is 4.79 Å². The third-order valence-electron chi connectivity index (χ3n) is 2.76. The molecule has 68 valence electrons. The first-order chi connectivity index (χ1) is 5.71. The topological polar surface area (TPSA) is 49.7 Å². The van der Waals surface area contributed by atoms with E-state index in [9.17, 15) is 4.79 Å². The predicted octanol–water partition coefficient (Wildman–Crippen LogP) is 1.72. The Hall–Kier alpha value is -0.860. The van der Waals surface area contributed by atoms with Gasteiger partial charge in [-0.1, -0.05) is 12.8 Å². The number of carboxylic acids is 1. The quantitative estimate of drug-likeness (QED) is 0.651. The zero-order chi connectivity index (χ0) is 9.03. The van der Waals surface area contributed by atoms with Gasteiger partial charge >= 0.3 is 5.97 Å². The first kappa shape index (κ1) is 9.23. The van der Waals surface area contributed by atoms with Crippen molar-refractivity contribution in [1.29, 1.82) is 0 Å². The molecule has 0 aliphatic heterocycles. The molecule has 3 heteroatoms. The fraction of sp³-hybridized carbons (Fsp3) is 0.778. The summed E-state index contributed by atoms with van der Waals surface area (Å²) in [6.07, 6.45) is 4.38. The van der Waals surface area contributed by atoms with Crippen molar-refractivity contribution in [3.63, 3.8) is 0 Å². The maximum absolute atomic E-state index is 11.0. The standard InChI is InChI=1S/C9H15NO2/c1-10-7-6-9(8(11)12)4-2-3-5-9/h1-7H2,(H,11,12). The minimum Gasteiger partial charge on any atom is -0.481 e. The maximum atomic E-state index is 11.0. The molecule has 0 radical (unpaired) electrons. The van der Waals surface area contributed by atoms with Crippen LogP contribution in [-0.2, 0) is 4.79 Å². The predicted molar refractivity (Wildman–Crippen MR) is 47.6 cm³/mol. The zero-order valence-corrected chi connectivity index (χ0v) is 7.25. The van der Waals surface area contributed by atoms with Gasteiger partial charge in [0, 0.05) is 6.54 Å². The molecule has 0 spiro atoms. The summed E-state index contributed by atoms with van der Waals surface area (Å²) in [6, 6.07) is 0. The van der Waals surface area contributed by atoms with Crippen molar-refractivity contribution < 1.29 is 9.90 Å². The number of carbonyl (C=O) groups is 1. The molecule has 1 fully saturated rings. The van der Waals surface area contributed by atoms with Crippen LogP contribution in [0.4, 0.5) is 0 Å². The summed E-state index contributed by atoms with van der Waals surface area (Å²) < 4.78 is 0. The highest BCUT2D eigenvalue weighted by molar-refractivity contribution is 5.75. The average molecular weight is 169 g/mol. The minimum absolute atomic E-state index is 0.471. The molecule has 1 aliphatic rings. The molecule has 1 aliphatic carbocycles. The molecule has 1 rings (SSSR count). The van der Waals surface area contributed by atoms with E-state index in [1.54, 1.807) is 0 Å². The summed E-state index contributed by atoms with van der Waals surface area (Å²) in [7, 11) is 0. The first-order valence-electron chi connectivity index (χ1n) is 4.37. The third kappa shape index (κ3) is 1.65. The second-order valence-corrected chi connectivity index (χ2v) is 3.49. The highest BCUT2D eigenvalue weighted by atomic mass is 16.4. The molecule has 3 nitrogen and oxygen atoms in total. The number of nitrogens with zero attached hydrogens (tertiary/aromatic N) is 1. The lowest BCUT2D eigenvalue weighted by Gasteiger charge is -2.22. The van der Waals surface area contributed by atoms with E-state index < -0.39 is 11.4 Å². The second kappa shape index (κ2) is 3.70. The van der Waals surface area contributed by atoms with Gasteiger partial charge in [0.1, 0.15) is 0 Å². The van der Waals surface area contributed by atoms with Crippen molar-refractivity contribution in [1.82, 2.24) is 0 Å². The Bertz CT molecular complexity index is 183. The first-order valence-corrected chi connectivity index (χ1v) is 4.37. The van der Waals surface area contributed by atoms with E-state index in [1.165, 1.54) is 0 Å². The number of aliphatic imine (C=N–C) groups is 1. The van der Waals surface area contributed by atoms with Crippen LogP contribution in [-0.4, -0.2) is 24.3 Å². The highest BCUT2D eigenvalue weighted by Crippen LogP contribution is 2.41. The van der Waals surface area contributed by atoms with Crippen LogP contribution in [0.25, 0.3) is 0 Å². The van der Waals surface area contributed by atoms with Gasteiger partial charge in [0.15, 0.2) is 0 Å². The van der Waals surface area contributed by atoms with Crippen LogP contribution in [0.3, 0.4) is 0 Å². The van der Waals surface area contributed by atoms with E-state index >= 15 is 0 Å². The van der Waals surface area contributed by atoms with E-state index in [4.69, 9.17) is 5.11 Å². The van der Waals surface area contributed by atoms with Gasteiger partial charge in [-0.15, -0.1) is 0 Å². The molecule has 12 heavy (non-hydrogen) atoms. The lowest BCUT2D eigenvalue weighted by atomic mass is 9.83. The van der Waals surface area contributed by atoms with Crippen LogP contribution in [0, 0.1) is 5.41 Å². The fourth-order valence-electron chi connectivity index (χ4n) is 1.92. The van der Waals surface area contributed by atoms with E-state index in [-0.39, 0.29) is 0 Å². The Labute approximate surface area is 72.5 Å². The fourth-order valence-corrected chi connectivity index (χ4v) is 1.92. The number of hydrogen-bond acceptors (Lipinski definition) is 2. The SMILES string of the molecule is C=NCCC1(C(=O)O)CCCC1. The van der Waals surface area contributed by atoms with Crippen molar-refractivity contribution in [2.24, 2.45) is 10.4 Å². The van der Waals surface area contributed by atoms with E-state index in [0.29, 0.717) is 13.0 Å². The summed E-state index contributed by atoms with van der Waals surface area (Å²) in [5.74, 6) is -0.649. The van der Waals surface area contributed by atoms with Crippen molar-refractivity contribution in [2.75, 3.05) is 6.54 Å². The van der Waals surface area contributed by atoms with Crippen LogP contribution in [0.2, 0.25) is 0 Å². The summed E-state index contributed by atoms with van der Waals surface area (Å²) in [6.45, 7) is 3.94. The molecule has 0 bridgehead atoms. The van der Waals surface area contributed by atoms with Gasteiger partial charge in [-0.05, 0) is 26.0 Å². The third-order valence-corrected chi connectivity index (χ3v) is 2.76. The monoisotopic (exact) mass is 169 g/mol. The molecule has 0 aromatic rings. The molecular weight excluding hydrogens is 154 g/mol. The largest absolute Gasteiger partial charge is 0.481 e. The Morgan fingerprint density at radius 1 is 1.50 bits per heavy atom. The Kier molecular flexibility index (Phi) is 2.84. The molecular formula is C9H15NO2. The maximum Gasteiger partial charge on any atom is 0.309 e. The molecule has 0 atom stereocenters.